The molecule has 0 N–H and O–H groups in total. The third kappa shape index (κ3) is 11.5. The van der Waals surface area contributed by atoms with Crippen LogP contribution in [0.15, 0.2) is 0 Å². The minimum Gasteiger partial charge on any atom is -0.469 e. The van der Waals surface area contributed by atoms with E-state index in [0.717, 1.165) is 40.6 Å². The first-order valence-corrected chi connectivity index (χ1v) is 10.3. The molecule has 0 amide bonds. The second-order valence-corrected chi connectivity index (χ2v) is 7.04. The van der Waals surface area contributed by atoms with Gasteiger partial charge in [-0.2, -0.15) is 0 Å². The third-order valence-corrected chi connectivity index (χ3v) is 4.67. The van der Waals surface area contributed by atoms with Crippen LogP contribution in [0.25, 0.3) is 0 Å². The number of unbranched alkanes of at least 4 members (excludes halogenated alkanes) is 8. The standard InChI is InChI=1S/C21H36O8/c1-5-6-7-8-9-10-11-12-13-14-17(22)29-21(20(25)28-4,15-18(23)26-2)16-19(24)27-3/h5-16H2,1-4H3. The predicted octanol–water partition coefficient (Wildman–Crippen LogP) is 3.49. The second-order valence-electron chi connectivity index (χ2n) is 7.04. The molecule has 0 atom stereocenters. The summed E-state index contributed by atoms with van der Waals surface area (Å²) in [5, 5.41) is 0. The molecule has 0 aromatic carbocycles. The molecule has 0 aromatic heterocycles. The fourth-order valence-corrected chi connectivity index (χ4v) is 2.97. The van der Waals surface area contributed by atoms with Crippen molar-refractivity contribution in [3.63, 3.8) is 0 Å². The minimum absolute atomic E-state index is 0.0803. The summed E-state index contributed by atoms with van der Waals surface area (Å²) in [6, 6.07) is 0. The monoisotopic (exact) mass is 416 g/mol. The van der Waals surface area contributed by atoms with Crippen molar-refractivity contribution in [2.24, 2.45) is 0 Å². The van der Waals surface area contributed by atoms with Crippen LogP contribution >= 0.6 is 0 Å². The lowest BCUT2D eigenvalue weighted by Gasteiger charge is -2.28. The summed E-state index contributed by atoms with van der Waals surface area (Å²) in [5.41, 5.74) is -2.09. The van der Waals surface area contributed by atoms with E-state index in [9.17, 15) is 19.2 Å². The number of carbonyl (C=O) groups excluding carboxylic acids is 4. The van der Waals surface area contributed by atoms with Crippen molar-refractivity contribution in [2.75, 3.05) is 21.3 Å². The molecule has 0 fully saturated rings. The van der Waals surface area contributed by atoms with Crippen LogP contribution < -0.4 is 0 Å². The summed E-state index contributed by atoms with van der Waals surface area (Å²) < 4.78 is 19.1. The van der Waals surface area contributed by atoms with Gasteiger partial charge in [0.2, 0.25) is 5.60 Å². The van der Waals surface area contributed by atoms with Crippen LogP contribution in [0.5, 0.6) is 0 Å². The van der Waals surface area contributed by atoms with Gasteiger partial charge in [0.25, 0.3) is 0 Å². The number of ether oxygens (including phenoxy) is 4. The average Bonchev–Trinajstić information content (AvgIpc) is 2.71. The van der Waals surface area contributed by atoms with E-state index in [1.165, 1.54) is 32.1 Å². The number of hydrogen-bond donors (Lipinski definition) is 0. The van der Waals surface area contributed by atoms with Crippen molar-refractivity contribution in [2.45, 2.75) is 89.6 Å². The molecule has 0 bridgehead atoms. The first kappa shape index (κ1) is 26.9. The van der Waals surface area contributed by atoms with E-state index >= 15 is 0 Å². The zero-order valence-corrected chi connectivity index (χ0v) is 18.3. The smallest absolute Gasteiger partial charge is 0.351 e. The Balaban J connectivity index is 4.67. The summed E-state index contributed by atoms with van der Waals surface area (Å²) >= 11 is 0. The van der Waals surface area contributed by atoms with Crippen molar-refractivity contribution in [3.8, 4) is 0 Å². The van der Waals surface area contributed by atoms with Crippen LogP contribution in [0, 0.1) is 0 Å². The molecule has 0 saturated heterocycles. The molecule has 8 heteroatoms. The molecule has 0 spiro atoms. The van der Waals surface area contributed by atoms with E-state index in [1.807, 2.05) is 0 Å². The summed E-state index contributed by atoms with van der Waals surface area (Å²) in [6.07, 6.45) is 8.60. The molecule has 0 radical (unpaired) electrons. The Morgan fingerprint density at radius 1 is 0.621 bits per heavy atom. The highest BCUT2D eigenvalue weighted by atomic mass is 16.6. The fraction of sp³-hybridized carbons (Fsp3) is 0.810. The molecular weight excluding hydrogens is 380 g/mol. The molecule has 0 rings (SSSR count). The SMILES string of the molecule is CCCCCCCCCCCC(=O)OC(CC(=O)OC)(CC(=O)OC)C(=O)OC. The minimum atomic E-state index is -2.09. The largest absolute Gasteiger partial charge is 0.469 e. The summed E-state index contributed by atoms with van der Waals surface area (Å²) in [4.78, 5) is 48.1. The van der Waals surface area contributed by atoms with Crippen LogP contribution in [0.2, 0.25) is 0 Å². The molecule has 0 aromatic rings. The highest BCUT2D eigenvalue weighted by Gasteiger charge is 2.48. The maximum Gasteiger partial charge on any atom is 0.351 e. The molecule has 168 valence electrons. The Morgan fingerprint density at radius 2 is 1.07 bits per heavy atom. The molecule has 0 heterocycles. The van der Waals surface area contributed by atoms with Crippen LogP contribution in [-0.4, -0.2) is 50.8 Å². The quantitative estimate of drug-likeness (QED) is 0.214. The van der Waals surface area contributed by atoms with Gasteiger partial charge >= 0.3 is 23.9 Å². The molecule has 8 nitrogen and oxygen atoms in total. The summed E-state index contributed by atoms with van der Waals surface area (Å²) in [7, 11) is 3.35. The number of hydrogen-bond acceptors (Lipinski definition) is 8. The van der Waals surface area contributed by atoms with E-state index in [0.29, 0.717) is 6.42 Å². The van der Waals surface area contributed by atoms with E-state index in [1.54, 1.807) is 0 Å². The van der Waals surface area contributed by atoms with Gasteiger partial charge in [0.05, 0.1) is 34.2 Å². The van der Waals surface area contributed by atoms with Gasteiger partial charge in [-0.15, -0.1) is 0 Å². The average molecular weight is 417 g/mol. The topological polar surface area (TPSA) is 105 Å². The van der Waals surface area contributed by atoms with E-state index in [4.69, 9.17) is 4.74 Å². The maximum atomic E-state index is 12.3. The Bertz CT molecular complexity index is 497. The van der Waals surface area contributed by atoms with Gasteiger partial charge in [0.15, 0.2) is 0 Å². The first-order chi connectivity index (χ1) is 13.8. The predicted molar refractivity (Wildman–Crippen MR) is 106 cm³/mol. The van der Waals surface area contributed by atoms with Gasteiger partial charge in [-0.05, 0) is 6.42 Å². The number of carbonyl (C=O) groups is 4. The van der Waals surface area contributed by atoms with Gasteiger partial charge in [-0.1, -0.05) is 58.3 Å². The lowest BCUT2D eigenvalue weighted by molar-refractivity contribution is -0.189. The van der Waals surface area contributed by atoms with Gasteiger partial charge < -0.3 is 18.9 Å². The maximum absolute atomic E-state index is 12.3. The normalized spacial score (nSPS) is 10.9. The van der Waals surface area contributed by atoms with Gasteiger partial charge in [-0.25, -0.2) is 4.79 Å². The highest BCUT2D eigenvalue weighted by Crippen LogP contribution is 2.26. The van der Waals surface area contributed by atoms with Crippen LogP contribution in [-0.2, 0) is 38.1 Å². The highest BCUT2D eigenvalue weighted by molar-refractivity contribution is 5.92. The lowest BCUT2D eigenvalue weighted by atomic mass is 9.95. The molecule has 0 aliphatic carbocycles. The van der Waals surface area contributed by atoms with E-state index in [2.05, 4.69) is 21.1 Å². The number of methoxy groups -OCH3 is 3. The lowest BCUT2D eigenvalue weighted by Crippen LogP contribution is -2.48. The first-order valence-electron chi connectivity index (χ1n) is 10.3. The molecule has 29 heavy (non-hydrogen) atoms. The van der Waals surface area contributed by atoms with Gasteiger partial charge in [0, 0.05) is 6.42 Å². The van der Waals surface area contributed by atoms with Crippen LogP contribution in [0.3, 0.4) is 0 Å². The van der Waals surface area contributed by atoms with Crippen molar-refractivity contribution in [1.29, 1.82) is 0 Å². The van der Waals surface area contributed by atoms with Crippen molar-refractivity contribution in [3.05, 3.63) is 0 Å². The number of rotatable bonds is 16. The van der Waals surface area contributed by atoms with Gasteiger partial charge in [-0.3, -0.25) is 14.4 Å². The van der Waals surface area contributed by atoms with Gasteiger partial charge in [0.1, 0.15) is 0 Å². The Morgan fingerprint density at radius 3 is 1.48 bits per heavy atom. The third-order valence-electron chi connectivity index (χ3n) is 4.67. The summed E-state index contributed by atoms with van der Waals surface area (Å²) in [6.45, 7) is 2.18. The molecule has 0 unspecified atom stereocenters. The zero-order valence-electron chi connectivity index (χ0n) is 18.3. The van der Waals surface area contributed by atoms with Crippen LogP contribution in [0.1, 0.15) is 84.0 Å². The van der Waals surface area contributed by atoms with E-state index < -0.39 is 42.3 Å². The van der Waals surface area contributed by atoms with Crippen molar-refractivity contribution in [1.82, 2.24) is 0 Å². The Kier molecular flexibility index (Phi) is 14.6. The van der Waals surface area contributed by atoms with Crippen molar-refractivity contribution >= 4 is 23.9 Å². The molecule has 0 aliphatic heterocycles. The number of esters is 4. The summed E-state index contributed by atoms with van der Waals surface area (Å²) in [5.74, 6) is -3.30. The molecule has 0 aliphatic rings. The second kappa shape index (κ2) is 15.8. The van der Waals surface area contributed by atoms with Crippen molar-refractivity contribution < 1.29 is 38.1 Å². The zero-order chi connectivity index (χ0) is 22.1. The molecular formula is C21H36O8. The van der Waals surface area contributed by atoms with Crippen LogP contribution in [0.4, 0.5) is 0 Å². The Hall–Kier alpha value is -2.12. The fourth-order valence-electron chi connectivity index (χ4n) is 2.97. The van der Waals surface area contributed by atoms with E-state index in [-0.39, 0.29) is 6.42 Å². The molecule has 0 saturated carbocycles. The Labute approximate surface area is 173 Å².